The van der Waals surface area contributed by atoms with Gasteiger partial charge >= 0.3 is 0 Å². The van der Waals surface area contributed by atoms with Crippen LogP contribution >= 0.6 is 11.3 Å². The predicted molar refractivity (Wildman–Crippen MR) is 108 cm³/mol. The number of hydrogen-bond acceptors (Lipinski definition) is 8. The third-order valence-corrected chi connectivity index (χ3v) is 7.76. The summed E-state index contributed by atoms with van der Waals surface area (Å²) >= 11 is 1.18. The van der Waals surface area contributed by atoms with Crippen molar-refractivity contribution in [2.45, 2.75) is 24.6 Å². The maximum absolute atomic E-state index is 13.0. The molecule has 4 aromatic rings. The van der Waals surface area contributed by atoms with Gasteiger partial charge in [0.1, 0.15) is 15.7 Å². The topological polar surface area (TPSA) is 102 Å². The Morgan fingerprint density at radius 3 is 2.59 bits per heavy atom. The molecule has 8 nitrogen and oxygen atoms in total. The molecule has 0 N–H and O–H groups in total. The lowest BCUT2D eigenvalue weighted by Gasteiger charge is -2.13. The summed E-state index contributed by atoms with van der Waals surface area (Å²) in [4.78, 5) is 5.01. The highest BCUT2D eigenvalue weighted by Gasteiger charge is 2.26. The molecule has 29 heavy (non-hydrogen) atoms. The average molecular weight is 431 g/mol. The zero-order valence-corrected chi connectivity index (χ0v) is 17.6. The second kappa shape index (κ2) is 7.54. The first-order valence-electron chi connectivity index (χ1n) is 8.72. The Balaban J connectivity index is 1.55. The molecule has 0 aliphatic rings. The van der Waals surface area contributed by atoms with E-state index >= 15 is 0 Å². The van der Waals surface area contributed by atoms with Crippen LogP contribution in [0.4, 0.5) is 0 Å². The van der Waals surface area contributed by atoms with Crippen LogP contribution in [0.5, 0.6) is 0 Å². The molecule has 0 atom stereocenters. The molecular formula is C19H18N4O4S2. The van der Waals surface area contributed by atoms with Crippen LogP contribution in [0.2, 0.25) is 0 Å². The molecule has 0 spiro atoms. The van der Waals surface area contributed by atoms with E-state index in [1.165, 1.54) is 22.7 Å². The van der Waals surface area contributed by atoms with Gasteiger partial charge in [-0.15, -0.1) is 11.3 Å². The van der Waals surface area contributed by atoms with Crippen molar-refractivity contribution >= 4 is 21.4 Å². The summed E-state index contributed by atoms with van der Waals surface area (Å²) in [5.41, 5.74) is 2.78. The van der Waals surface area contributed by atoms with Crippen LogP contribution in [0.15, 0.2) is 55.9 Å². The number of pyridine rings is 1. The summed E-state index contributed by atoms with van der Waals surface area (Å²) in [6, 6.07) is 10.5. The van der Waals surface area contributed by atoms with E-state index in [0.29, 0.717) is 22.9 Å². The minimum atomic E-state index is -3.69. The molecule has 0 aromatic carbocycles. The first-order valence-corrected chi connectivity index (χ1v) is 11.0. The molecule has 10 heteroatoms. The predicted octanol–water partition coefficient (Wildman–Crippen LogP) is 3.89. The maximum Gasteiger partial charge on any atom is 0.252 e. The Morgan fingerprint density at radius 1 is 1.07 bits per heavy atom. The van der Waals surface area contributed by atoms with Crippen LogP contribution in [0, 0.1) is 13.8 Å². The summed E-state index contributed by atoms with van der Waals surface area (Å²) in [6.45, 7) is 3.69. The molecule has 0 fully saturated rings. The highest BCUT2D eigenvalue weighted by Crippen LogP contribution is 2.35. The first-order chi connectivity index (χ1) is 13.9. The molecule has 0 radical (unpaired) electrons. The zero-order chi connectivity index (χ0) is 20.6. The van der Waals surface area contributed by atoms with Gasteiger partial charge in [-0.25, -0.2) is 8.42 Å². The van der Waals surface area contributed by atoms with Crippen LogP contribution in [0.3, 0.4) is 0 Å². The van der Waals surface area contributed by atoms with Gasteiger partial charge in [0, 0.05) is 24.2 Å². The Hall–Kier alpha value is -2.82. The smallest absolute Gasteiger partial charge is 0.252 e. The number of rotatable bonds is 6. The van der Waals surface area contributed by atoms with Crippen LogP contribution < -0.4 is 0 Å². The van der Waals surface area contributed by atoms with E-state index in [1.807, 2.05) is 25.1 Å². The summed E-state index contributed by atoms with van der Waals surface area (Å²) < 4.78 is 37.9. The van der Waals surface area contributed by atoms with Gasteiger partial charge in [0.15, 0.2) is 5.76 Å². The monoisotopic (exact) mass is 430 g/mol. The van der Waals surface area contributed by atoms with E-state index in [2.05, 4.69) is 15.3 Å². The third kappa shape index (κ3) is 3.74. The lowest BCUT2D eigenvalue weighted by molar-refractivity contribution is 0.344. The normalized spacial score (nSPS) is 12.0. The summed E-state index contributed by atoms with van der Waals surface area (Å²) in [7, 11) is -2.18. The Labute approximate surface area is 171 Å². The molecule has 150 valence electrons. The maximum atomic E-state index is 13.0. The lowest BCUT2D eigenvalue weighted by Crippen LogP contribution is -2.25. The van der Waals surface area contributed by atoms with Crippen molar-refractivity contribution in [2.75, 3.05) is 7.05 Å². The van der Waals surface area contributed by atoms with Crippen LogP contribution in [0.25, 0.3) is 21.8 Å². The van der Waals surface area contributed by atoms with E-state index < -0.39 is 10.0 Å². The number of aryl methyl sites for hydroxylation is 2. The van der Waals surface area contributed by atoms with Crippen molar-refractivity contribution in [3.63, 3.8) is 0 Å². The SMILES string of the molecule is Cc1noc(C)c1-c1ccc(S(=O)(=O)N(C)Cc2cc(-c3ccccn3)no2)s1. The fourth-order valence-corrected chi connectivity index (χ4v) is 5.71. The van der Waals surface area contributed by atoms with Gasteiger partial charge in [0.05, 0.1) is 23.5 Å². The molecule has 0 saturated heterocycles. The Bertz CT molecular complexity index is 1220. The van der Waals surface area contributed by atoms with E-state index in [9.17, 15) is 8.42 Å². The second-order valence-electron chi connectivity index (χ2n) is 6.47. The summed E-state index contributed by atoms with van der Waals surface area (Å²) in [5.74, 6) is 1.09. The number of thiophene rings is 1. The second-order valence-corrected chi connectivity index (χ2v) is 9.83. The zero-order valence-electron chi connectivity index (χ0n) is 16.0. The lowest BCUT2D eigenvalue weighted by atomic mass is 10.2. The van der Waals surface area contributed by atoms with Gasteiger partial charge in [-0.05, 0) is 38.1 Å². The molecule has 4 heterocycles. The highest BCUT2D eigenvalue weighted by molar-refractivity contribution is 7.91. The first kappa shape index (κ1) is 19.5. The number of nitrogens with zero attached hydrogens (tertiary/aromatic N) is 4. The fourth-order valence-electron chi connectivity index (χ4n) is 2.91. The summed E-state index contributed by atoms with van der Waals surface area (Å²) in [5, 5.41) is 7.91. The molecule has 0 aliphatic carbocycles. The molecule has 4 rings (SSSR count). The molecule has 0 unspecified atom stereocenters. The molecule has 0 amide bonds. The van der Waals surface area contributed by atoms with Gasteiger partial charge in [0.2, 0.25) is 0 Å². The minimum Gasteiger partial charge on any atom is -0.361 e. The Kier molecular flexibility index (Phi) is 5.07. The summed E-state index contributed by atoms with van der Waals surface area (Å²) in [6.07, 6.45) is 1.66. The quantitative estimate of drug-likeness (QED) is 0.457. The van der Waals surface area contributed by atoms with Crippen molar-refractivity contribution in [2.24, 2.45) is 0 Å². The van der Waals surface area contributed by atoms with E-state index in [0.717, 1.165) is 16.1 Å². The van der Waals surface area contributed by atoms with Crippen molar-refractivity contribution < 1.29 is 17.5 Å². The van der Waals surface area contributed by atoms with Crippen LogP contribution in [-0.4, -0.2) is 35.1 Å². The molecule has 4 aromatic heterocycles. The van der Waals surface area contributed by atoms with E-state index in [-0.39, 0.29) is 10.8 Å². The van der Waals surface area contributed by atoms with Gasteiger partial charge in [-0.1, -0.05) is 16.4 Å². The van der Waals surface area contributed by atoms with E-state index in [4.69, 9.17) is 9.05 Å². The van der Waals surface area contributed by atoms with E-state index in [1.54, 1.807) is 31.3 Å². The molecule has 0 aliphatic heterocycles. The largest absolute Gasteiger partial charge is 0.361 e. The van der Waals surface area contributed by atoms with Crippen LogP contribution in [-0.2, 0) is 16.6 Å². The highest BCUT2D eigenvalue weighted by atomic mass is 32.2. The standard InChI is InChI=1S/C19H18N4O4S2/c1-12-19(13(2)26-21-12)17-7-8-18(28-17)29(24,25)23(3)11-14-10-16(22-27-14)15-6-4-5-9-20-15/h4-10H,11H2,1-3H3. The van der Waals surface area contributed by atoms with Gasteiger partial charge in [0.25, 0.3) is 10.0 Å². The minimum absolute atomic E-state index is 0.0563. The average Bonchev–Trinajstić information content (AvgIpc) is 3.43. The third-order valence-electron chi connectivity index (χ3n) is 4.39. The van der Waals surface area contributed by atoms with Crippen molar-refractivity contribution in [1.82, 2.24) is 19.6 Å². The number of hydrogen-bond donors (Lipinski definition) is 0. The van der Waals surface area contributed by atoms with Crippen LogP contribution in [0.1, 0.15) is 17.2 Å². The number of sulfonamides is 1. The van der Waals surface area contributed by atoms with Gasteiger partial charge in [-0.2, -0.15) is 4.31 Å². The molecule has 0 saturated carbocycles. The van der Waals surface area contributed by atoms with Crippen molar-refractivity contribution in [3.05, 3.63) is 59.8 Å². The molecule has 0 bridgehead atoms. The molecular weight excluding hydrogens is 412 g/mol. The van der Waals surface area contributed by atoms with Crippen molar-refractivity contribution in [1.29, 1.82) is 0 Å². The van der Waals surface area contributed by atoms with Gasteiger partial charge < -0.3 is 9.05 Å². The Morgan fingerprint density at radius 2 is 1.90 bits per heavy atom. The van der Waals surface area contributed by atoms with Crippen molar-refractivity contribution in [3.8, 4) is 21.8 Å². The van der Waals surface area contributed by atoms with Gasteiger partial charge in [-0.3, -0.25) is 4.98 Å². The fraction of sp³-hybridized carbons (Fsp3) is 0.211. The number of aromatic nitrogens is 3.